The minimum atomic E-state index is -1.25. The largest absolute Gasteiger partial charge is 0.461 e. The highest BCUT2D eigenvalue weighted by Crippen LogP contribution is 2.35. The molecule has 0 saturated carbocycles. The van der Waals surface area contributed by atoms with Crippen LogP contribution in [0.3, 0.4) is 0 Å². The highest BCUT2D eigenvalue weighted by atomic mass is 16.5. The molecular weight excluding hydrogens is 304 g/mol. The van der Waals surface area contributed by atoms with E-state index in [4.69, 9.17) is 4.74 Å². The lowest BCUT2D eigenvalue weighted by atomic mass is 9.98. The molecule has 0 N–H and O–H groups in total. The third-order valence-electron chi connectivity index (χ3n) is 3.61. The minimum Gasteiger partial charge on any atom is -0.461 e. The number of rotatable bonds is 4. The number of carbonyl (C=O) groups is 3. The molecule has 1 saturated heterocycles. The normalized spacial score (nSPS) is 22.9. The molecule has 2 heterocycles. The number of anilines is 1. The summed E-state index contributed by atoms with van der Waals surface area (Å²) in [6, 6.07) is 6.98. The van der Waals surface area contributed by atoms with Crippen LogP contribution in [0.4, 0.5) is 5.69 Å². The highest BCUT2D eigenvalue weighted by molar-refractivity contribution is 6.46. The van der Waals surface area contributed by atoms with Crippen molar-refractivity contribution in [2.75, 3.05) is 11.5 Å². The van der Waals surface area contributed by atoms with Gasteiger partial charge in [0.1, 0.15) is 5.92 Å². The molecule has 2 aliphatic rings. The zero-order valence-corrected chi connectivity index (χ0v) is 12.1. The summed E-state index contributed by atoms with van der Waals surface area (Å²) in [4.78, 5) is 48.9. The van der Waals surface area contributed by atoms with E-state index < -0.39 is 29.7 Å². The molecule has 118 valence electrons. The van der Waals surface area contributed by atoms with Crippen LogP contribution in [-0.4, -0.2) is 41.3 Å². The van der Waals surface area contributed by atoms with Crippen molar-refractivity contribution in [1.29, 1.82) is 0 Å². The van der Waals surface area contributed by atoms with Crippen molar-refractivity contribution in [1.82, 2.24) is 5.12 Å². The number of para-hydroxylation sites is 1. The minimum absolute atomic E-state index is 0.0777. The Kier molecular flexibility index (Phi) is 3.61. The number of nitroso groups, excluding NO2 is 1. The molecule has 23 heavy (non-hydrogen) atoms. The SMILES string of the molecule is CCOC(=O)C1=NN(N=O)[C@H]2C(=O)N(c3ccccc3)C(=O)[C@@H]12. The van der Waals surface area contributed by atoms with Crippen molar-refractivity contribution in [3.05, 3.63) is 35.2 Å². The van der Waals surface area contributed by atoms with E-state index in [1.54, 1.807) is 37.3 Å². The first-order valence-electron chi connectivity index (χ1n) is 6.91. The summed E-state index contributed by atoms with van der Waals surface area (Å²) in [5.41, 5.74) is 0.0687. The van der Waals surface area contributed by atoms with E-state index >= 15 is 0 Å². The first-order valence-corrected chi connectivity index (χ1v) is 6.91. The first kappa shape index (κ1) is 14.8. The van der Waals surface area contributed by atoms with Crippen LogP contribution in [0.5, 0.6) is 0 Å². The van der Waals surface area contributed by atoms with E-state index in [1.807, 2.05) is 0 Å². The number of fused-ring (bicyclic) bond motifs is 1. The van der Waals surface area contributed by atoms with E-state index in [0.29, 0.717) is 10.8 Å². The Bertz CT molecular complexity index is 717. The Balaban J connectivity index is 2.01. The number of hydrazone groups is 1. The Morgan fingerprint density at radius 3 is 2.57 bits per heavy atom. The van der Waals surface area contributed by atoms with Gasteiger partial charge in [0, 0.05) is 0 Å². The van der Waals surface area contributed by atoms with Crippen LogP contribution in [-0.2, 0) is 19.1 Å². The molecule has 2 aliphatic heterocycles. The molecule has 0 radical (unpaired) electrons. The molecule has 0 aromatic heterocycles. The Hall–Kier alpha value is -3.10. The Morgan fingerprint density at radius 1 is 1.26 bits per heavy atom. The average Bonchev–Trinajstić information content (AvgIpc) is 3.06. The quantitative estimate of drug-likeness (QED) is 0.453. The summed E-state index contributed by atoms with van der Waals surface area (Å²) in [6.07, 6.45) is 0. The number of imide groups is 1. The molecule has 1 fully saturated rings. The van der Waals surface area contributed by atoms with Crippen LogP contribution < -0.4 is 4.90 Å². The van der Waals surface area contributed by atoms with Crippen LogP contribution in [0.2, 0.25) is 0 Å². The number of ether oxygens (including phenoxy) is 1. The smallest absolute Gasteiger partial charge is 0.355 e. The molecule has 1 aromatic carbocycles. The monoisotopic (exact) mass is 316 g/mol. The van der Waals surface area contributed by atoms with Gasteiger partial charge in [-0.05, 0) is 19.1 Å². The molecule has 9 nitrogen and oxygen atoms in total. The maximum Gasteiger partial charge on any atom is 0.355 e. The van der Waals surface area contributed by atoms with Crippen LogP contribution in [0.25, 0.3) is 0 Å². The summed E-state index contributed by atoms with van der Waals surface area (Å²) >= 11 is 0. The fourth-order valence-corrected chi connectivity index (χ4v) is 2.66. The van der Waals surface area contributed by atoms with E-state index in [0.717, 1.165) is 4.90 Å². The lowest BCUT2D eigenvalue weighted by Gasteiger charge is -2.16. The summed E-state index contributed by atoms with van der Waals surface area (Å²) in [6.45, 7) is 1.67. The van der Waals surface area contributed by atoms with Crippen LogP contribution in [0.1, 0.15) is 6.92 Å². The Labute approximate surface area is 130 Å². The standard InChI is InChI=1S/C14H12N4O5/c1-2-23-14(21)10-9-11(18(15-10)16-22)13(20)17(12(9)19)8-6-4-3-5-7-8/h3-7,9,11H,2H2,1H3/t9-,11+/m0/s1. The molecule has 3 rings (SSSR count). The maximum atomic E-state index is 12.6. The third-order valence-corrected chi connectivity index (χ3v) is 3.61. The predicted octanol–water partition coefficient (Wildman–Crippen LogP) is 0.461. The second-order valence-electron chi connectivity index (χ2n) is 4.88. The van der Waals surface area contributed by atoms with Gasteiger partial charge in [-0.2, -0.15) is 0 Å². The molecule has 0 bridgehead atoms. The predicted molar refractivity (Wildman–Crippen MR) is 77.9 cm³/mol. The average molecular weight is 316 g/mol. The van der Waals surface area contributed by atoms with Gasteiger partial charge in [0.2, 0.25) is 5.91 Å². The zero-order chi connectivity index (χ0) is 16.6. The van der Waals surface area contributed by atoms with Crippen molar-refractivity contribution >= 4 is 29.2 Å². The number of hydrogen-bond donors (Lipinski definition) is 0. The summed E-state index contributed by atoms with van der Waals surface area (Å²) in [5.74, 6) is -3.33. The van der Waals surface area contributed by atoms with Gasteiger partial charge in [-0.1, -0.05) is 18.2 Å². The second-order valence-corrected chi connectivity index (χ2v) is 4.88. The third kappa shape index (κ3) is 2.17. The number of nitrogens with zero attached hydrogens (tertiary/aromatic N) is 4. The van der Waals surface area contributed by atoms with Crippen LogP contribution in [0, 0.1) is 10.8 Å². The molecule has 0 spiro atoms. The summed E-state index contributed by atoms with van der Waals surface area (Å²) in [7, 11) is 0. The molecule has 1 aromatic rings. The van der Waals surface area contributed by atoms with Gasteiger partial charge in [-0.25, -0.2) is 9.69 Å². The van der Waals surface area contributed by atoms with Gasteiger partial charge in [0.15, 0.2) is 11.8 Å². The zero-order valence-electron chi connectivity index (χ0n) is 12.1. The number of esters is 1. The number of hydrogen-bond acceptors (Lipinski definition) is 7. The molecule has 2 atom stereocenters. The van der Waals surface area contributed by atoms with E-state index in [-0.39, 0.29) is 12.3 Å². The number of carbonyl (C=O) groups excluding carboxylic acids is 3. The molecular formula is C14H12N4O5. The van der Waals surface area contributed by atoms with Gasteiger partial charge >= 0.3 is 5.97 Å². The molecule has 9 heteroatoms. The maximum absolute atomic E-state index is 12.6. The topological polar surface area (TPSA) is 109 Å². The highest BCUT2D eigenvalue weighted by Gasteiger charge is 2.59. The number of benzene rings is 1. The Morgan fingerprint density at radius 2 is 1.96 bits per heavy atom. The summed E-state index contributed by atoms with van der Waals surface area (Å²) < 4.78 is 4.83. The van der Waals surface area contributed by atoms with Crippen molar-refractivity contribution in [3.8, 4) is 0 Å². The van der Waals surface area contributed by atoms with Crippen LogP contribution in [0.15, 0.2) is 40.7 Å². The fraction of sp³-hybridized carbons (Fsp3) is 0.286. The first-order chi connectivity index (χ1) is 11.1. The van der Waals surface area contributed by atoms with Crippen LogP contribution >= 0.6 is 0 Å². The lowest BCUT2D eigenvalue weighted by Crippen LogP contribution is -2.36. The molecule has 2 amide bonds. The van der Waals surface area contributed by atoms with Crippen molar-refractivity contribution in [3.63, 3.8) is 0 Å². The number of amides is 2. The molecule has 0 unspecified atom stereocenters. The van der Waals surface area contributed by atoms with Crippen molar-refractivity contribution in [2.45, 2.75) is 13.0 Å². The lowest BCUT2D eigenvalue weighted by molar-refractivity contribution is -0.136. The van der Waals surface area contributed by atoms with Gasteiger partial charge < -0.3 is 4.74 Å². The van der Waals surface area contributed by atoms with Gasteiger partial charge in [-0.15, -0.1) is 15.1 Å². The second kappa shape index (κ2) is 5.59. The van der Waals surface area contributed by atoms with Crippen molar-refractivity contribution in [2.24, 2.45) is 16.3 Å². The van der Waals surface area contributed by atoms with E-state index in [1.165, 1.54) is 0 Å². The summed E-state index contributed by atoms with van der Waals surface area (Å²) in [5, 5.41) is 6.85. The van der Waals surface area contributed by atoms with E-state index in [9.17, 15) is 19.3 Å². The van der Waals surface area contributed by atoms with Crippen molar-refractivity contribution < 1.29 is 19.1 Å². The van der Waals surface area contributed by atoms with Gasteiger partial charge in [-0.3, -0.25) is 9.59 Å². The molecule has 0 aliphatic carbocycles. The van der Waals surface area contributed by atoms with Gasteiger partial charge in [0.05, 0.1) is 17.6 Å². The van der Waals surface area contributed by atoms with E-state index in [2.05, 4.69) is 10.4 Å². The fourth-order valence-electron chi connectivity index (χ4n) is 2.66. The van der Waals surface area contributed by atoms with Gasteiger partial charge in [0.25, 0.3) is 5.91 Å².